The highest BCUT2D eigenvalue weighted by Crippen LogP contribution is 2.29. The van der Waals surface area contributed by atoms with E-state index in [1.165, 1.54) is 0 Å². The average molecular weight is 431 g/mol. The van der Waals surface area contributed by atoms with Gasteiger partial charge in [0.2, 0.25) is 0 Å². The Balaban J connectivity index is 2.17. The molecule has 1 aromatic carbocycles. The number of aliphatic hydroxyl groups excluding tert-OH is 1. The van der Waals surface area contributed by atoms with Gasteiger partial charge >= 0.3 is 0 Å². The Kier molecular flexibility index (Phi) is 10.0. The molecule has 0 spiro atoms. The third-order valence-corrected chi connectivity index (χ3v) is 5.22. The third kappa shape index (κ3) is 7.99. The molecule has 1 heterocycles. The van der Waals surface area contributed by atoms with Crippen molar-refractivity contribution in [2.24, 2.45) is 0 Å². The highest BCUT2D eigenvalue weighted by Gasteiger charge is 2.17. The smallest absolute Gasteiger partial charge is 0.133 e. The number of ether oxygens (including phenoxy) is 1. The number of anilines is 1. The number of nitrogens with one attached hydrogen (secondary N) is 1. The standard InChI is InChI=1S/C24H38N4O3/c1-6-8-20(11-13-29)27-24-22(17(2)25-18(3)26-24)15-19-9-10-21(16-23(19)30)31-14-7-12-28(4)5/h9-10,16,20,29-30H,6-8,11-15H2,1-5H3,(H,25,26,27)/t20-/m0/s1. The van der Waals surface area contributed by atoms with Gasteiger partial charge in [-0.3, -0.25) is 0 Å². The van der Waals surface area contributed by atoms with E-state index in [-0.39, 0.29) is 18.4 Å². The normalized spacial score (nSPS) is 12.2. The van der Waals surface area contributed by atoms with Gasteiger partial charge in [0.05, 0.1) is 6.61 Å². The lowest BCUT2D eigenvalue weighted by molar-refractivity contribution is 0.276. The fourth-order valence-electron chi connectivity index (χ4n) is 3.60. The summed E-state index contributed by atoms with van der Waals surface area (Å²) in [6.07, 6.45) is 4.08. The minimum absolute atomic E-state index is 0.132. The number of phenolic OH excluding ortho intramolecular Hbond substituents is 1. The lowest BCUT2D eigenvalue weighted by Crippen LogP contribution is -2.23. The summed E-state index contributed by atoms with van der Waals surface area (Å²) >= 11 is 0. The van der Waals surface area contributed by atoms with Crippen LogP contribution in [-0.4, -0.2) is 65.0 Å². The molecule has 7 heteroatoms. The maximum atomic E-state index is 10.6. The van der Waals surface area contributed by atoms with Crippen LogP contribution in [0.4, 0.5) is 5.82 Å². The molecule has 0 aliphatic heterocycles. The van der Waals surface area contributed by atoms with E-state index in [1.54, 1.807) is 6.07 Å². The van der Waals surface area contributed by atoms with Crippen LogP contribution in [0.1, 0.15) is 55.3 Å². The van der Waals surface area contributed by atoms with Gasteiger partial charge in [-0.1, -0.05) is 19.4 Å². The van der Waals surface area contributed by atoms with E-state index in [9.17, 15) is 10.2 Å². The van der Waals surface area contributed by atoms with Crippen LogP contribution in [0.3, 0.4) is 0 Å². The maximum Gasteiger partial charge on any atom is 0.133 e. The molecule has 2 aromatic rings. The van der Waals surface area contributed by atoms with Gasteiger partial charge in [0.15, 0.2) is 0 Å². The first-order valence-corrected chi connectivity index (χ1v) is 11.1. The predicted octanol–water partition coefficient (Wildman–Crippen LogP) is 3.68. The lowest BCUT2D eigenvalue weighted by Gasteiger charge is -2.21. The van der Waals surface area contributed by atoms with Crippen LogP contribution < -0.4 is 10.1 Å². The molecule has 0 saturated carbocycles. The second kappa shape index (κ2) is 12.5. The SMILES string of the molecule is CCC[C@@H](CCO)Nc1nc(C)nc(C)c1Cc1ccc(OCCCN(C)C)cc1O. The Labute approximate surface area is 186 Å². The molecule has 0 saturated heterocycles. The Hall–Kier alpha value is -2.38. The lowest BCUT2D eigenvalue weighted by atomic mass is 10.0. The fraction of sp³-hybridized carbons (Fsp3) is 0.583. The number of aromatic hydroxyl groups is 1. The number of hydrogen-bond acceptors (Lipinski definition) is 7. The number of phenols is 1. The van der Waals surface area contributed by atoms with Crippen LogP contribution in [0.2, 0.25) is 0 Å². The van der Waals surface area contributed by atoms with E-state index in [0.29, 0.717) is 31.0 Å². The monoisotopic (exact) mass is 430 g/mol. The van der Waals surface area contributed by atoms with Gasteiger partial charge in [0.25, 0.3) is 0 Å². The summed E-state index contributed by atoms with van der Waals surface area (Å²) < 4.78 is 5.76. The van der Waals surface area contributed by atoms with E-state index in [4.69, 9.17) is 4.74 Å². The number of nitrogens with zero attached hydrogens (tertiary/aromatic N) is 3. The van der Waals surface area contributed by atoms with Crippen molar-refractivity contribution >= 4 is 5.82 Å². The zero-order valence-electron chi connectivity index (χ0n) is 19.6. The summed E-state index contributed by atoms with van der Waals surface area (Å²) in [7, 11) is 4.07. The van der Waals surface area contributed by atoms with E-state index in [0.717, 1.165) is 48.4 Å². The third-order valence-electron chi connectivity index (χ3n) is 5.22. The van der Waals surface area contributed by atoms with E-state index < -0.39 is 0 Å². The number of rotatable bonds is 13. The van der Waals surface area contributed by atoms with Crippen molar-refractivity contribution in [3.63, 3.8) is 0 Å². The highest BCUT2D eigenvalue weighted by atomic mass is 16.5. The summed E-state index contributed by atoms with van der Waals surface area (Å²) in [5.74, 6) is 2.35. The molecule has 172 valence electrons. The molecular weight excluding hydrogens is 392 g/mol. The molecule has 2 rings (SSSR count). The van der Waals surface area contributed by atoms with Crippen LogP contribution >= 0.6 is 0 Å². The summed E-state index contributed by atoms with van der Waals surface area (Å²) in [6, 6.07) is 5.62. The summed E-state index contributed by atoms with van der Waals surface area (Å²) in [4.78, 5) is 11.3. The summed E-state index contributed by atoms with van der Waals surface area (Å²) in [5.41, 5.74) is 2.64. The largest absolute Gasteiger partial charge is 0.508 e. The van der Waals surface area contributed by atoms with Crippen molar-refractivity contribution in [1.82, 2.24) is 14.9 Å². The van der Waals surface area contributed by atoms with Gasteiger partial charge in [-0.2, -0.15) is 0 Å². The molecular formula is C24H38N4O3. The molecule has 0 fully saturated rings. The quantitative estimate of drug-likeness (QED) is 0.418. The number of aromatic nitrogens is 2. The van der Waals surface area contributed by atoms with Gasteiger partial charge in [-0.05, 0) is 58.8 Å². The maximum absolute atomic E-state index is 10.6. The van der Waals surface area contributed by atoms with Gasteiger partial charge < -0.3 is 25.2 Å². The van der Waals surface area contributed by atoms with Crippen LogP contribution in [0.5, 0.6) is 11.5 Å². The molecule has 0 aliphatic rings. The second-order valence-electron chi connectivity index (χ2n) is 8.30. The van der Waals surface area contributed by atoms with Crippen molar-refractivity contribution < 1.29 is 14.9 Å². The van der Waals surface area contributed by atoms with Gasteiger partial charge in [-0.25, -0.2) is 9.97 Å². The van der Waals surface area contributed by atoms with Crippen molar-refractivity contribution in [2.75, 3.05) is 39.2 Å². The predicted molar refractivity (Wildman–Crippen MR) is 125 cm³/mol. The van der Waals surface area contributed by atoms with Crippen molar-refractivity contribution in [3.8, 4) is 11.5 Å². The molecule has 0 bridgehead atoms. The molecule has 1 atom stereocenters. The van der Waals surface area contributed by atoms with Crippen LogP contribution in [0.15, 0.2) is 18.2 Å². The summed E-state index contributed by atoms with van der Waals surface area (Å²) in [5, 5.41) is 23.5. The van der Waals surface area contributed by atoms with E-state index in [1.807, 2.05) is 40.1 Å². The number of aryl methyl sites for hydroxylation is 2. The van der Waals surface area contributed by atoms with Crippen LogP contribution in [0, 0.1) is 13.8 Å². The second-order valence-corrected chi connectivity index (χ2v) is 8.30. The minimum Gasteiger partial charge on any atom is -0.508 e. The molecule has 0 unspecified atom stereocenters. The molecule has 7 nitrogen and oxygen atoms in total. The molecule has 0 aliphatic carbocycles. The molecule has 0 radical (unpaired) electrons. The van der Waals surface area contributed by atoms with Gasteiger partial charge in [-0.15, -0.1) is 0 Å². The first-order chi connectivity index (χ1) is 14.8. The van der Waals surface area contributed by atoms with E-state index in [2.05, 4.69) is 27.1 Å². The first kappa shape index (κ1) is 24.9. The number of hydrogen-bond donors (Lipinski definition) is 3. The zero-order valence-corrected chi connectivity index (χ0v) is 19.6. The van der Waals surface area contributed by atoms with Crippen LogP contribution in [-0.2, 0) is 6.42 Å². The Morgan fingerprint density at radius 1 is 1.16 bits per heavy atom. The zero-order chi connectivity index (χ0) is 22.8. The molecule has 31 heavy (non-hydrogen) atoms. The molecule has 1 aromatic heterocycles. The highest BCUT2D eigenvalue weighted by molar-refractivity contribution is 5.52. The first-order valence-electron chi connectivity index (χ1n) is 11.1. The van der Waals surface area contributed by atoms with Gasteiger partial charge in [0.1, 0.15) is 23.1 Å². The Morgan fingerprint density at radius 3 is 2.58 bits per heavy atom. The Bertz CT molecular complexity index is 821. The van der Waals surface area contributed by atoms with Crippen molar-refractivity contribution in [2.45, 2.75) is 58.9 Å². The van der Waals surface area contributed by atoms with Crippen LogP contribution in [0.25, 0.3) is 0 Å². The van der Waals surface area contributed by atoms with Crippen molar-refractivity contribution in [3.05, 3.63) is 40.8 Å². The van der Waals surface area contributed by atoms with E-state index >= 15 is 0 Å². The number of benzene rings is 1. The molecule has 0 amide bonds. The Morgan fingerprint density at radius 2 is 1.94 bits per heavy atom. The summed E-state index contributed by atoms with van der Waals surface area (Å²) in [6.45, 7) is 7.68. The molecule has 3 N–H and O–H groups in total. The number of aliphatic hydroxyl groups is 1. The minimum atomic E-state index is 0.132. The average Bonchev–Trinajstić information content (AvgIpc) is 2.69. The topological polar surface area (TPSA) is 90.7 Å². The van der Waals surface area contributed by atoms with Gasteiger partial charge in [0, 0.05) is 42.9 Å². The van der Waals surface area contributed by atoms with Crippen molar-refractivity contribution in [1.29, 1.82) is 0 Å². The fourth-order valence-corrected chi connectivity index (χ4v) is 3.60.